The van der Waals surface area contributed by atoms with Gasteiger partial charge in [0, 0.05) is 12.7 Å². The molecule has 0 radical (unpaired) electrons. The normalized spacial score (nSPS) is 14.6. The lowest BCUT2D eigenvalue weighted by atomic mass is 10.2. The third-order valence-corrected chi connectivity index (χ3v) is 2.54. The molecule has 1 aliphatic rings. The van der Waals surface area contributed by atoms with E-state index in [0.29, 0.717) is 11.6 Å². The van der Waals surface area contributed by atoms with E-state index < -0.39 is 0 Å². The lowest BCUT2D eigenvalue weighted by molar-refractivity contribution is 0.685. The van der Waals surface area contributed by atoms with Gasteiger partial charge in [-0.1, -0.05) is 12.8 Å². The Kier molecular flexibility index (Phi) is 3.13. The molecule has 15 heavy (non-hydrogen) atoms. The van der Waals surface area contributed by atoms with Crippen LogP contribution in [0.25, 0.3) is 0 Å². The van der Waals surface area contributed by atoms with Crippen molar-refractivity contribution in [1.29, 1.82) is 5.26 Å². The van der Waals surface area contributed by atoms with E-state index in [2.05, 4.69) is 15.3 Å². The summed E-state index contributed by atoms with van der Waals surface area (Å²) in [6.45, 7) is 0.894. The maximum Gasteiger partial charge on any atom is 0.223 e. The standard InChI is InChI=1S/C11H14N4/c12-8-10-5-7-14-11(15-10)13-6-1-2-9-3-4-9/h5,7,9H,1-4,6H2,(H,13,14,15). The van der Waals surface area contributed by atoms with Crippen LogP contribution in [0.1, 0.15) is 31.4 Å². The van der Waals surface area contributed by atoms with Crippen molar-refractivity contribution in [2.75, 3.05) is 11.9 Å². The first kappa shape index (κ1) is 9.91. The summed E-state index contributed by atoms with van der Waals surface area (Å²) in [5.74, 6) is 1.53. The fourth-order valence-corrected chi connectivity index (χ4v) is 1.50. The second-order valence-corrected chi connectivity index (χ2v) is 3.89. The third-order valence-electron chi connectivity index (χ3n) is 2.54. The average molecular weight is 202 g/mol. The SMILES string of the molecule is N#Cc1ccnc(NCCCC2CC2)n1. The van der Waals surface area contributed by atoms with E-state index in [1.807, 2.05) is 6.07 Å². The Morgan fingerprint density at radius 3 is 3.13 bits per heavy atom. The predicted octanol–water partition coefficient (Wildman–Crippen LogP) is 1.95. The molecule has 78 valence electrons. The monoisotopic (exact) mass is 202 g/mol. The highest BCUT2D eigenvalue weighted by atomic mass is 15.1. The van der Waals surface area contributed by atoms with Crippen LogP contribution in [0, 0.1) is 17.2 Å². The van der Waals surface area contributed by atoms with Gasteiger partial charge in [-0.05, 0) is 24.8 Å². The van der Waals surface area contributed by atoms with Crippen LogP contribution in [0.4, 0.5) is 5.95 Å². The van der Waals surface area contributed by atoms with Gasteiger partial charge in [0.15, 0.2) is 0 Å². The van der Waals surface area contributed by atoms with E-state index in [1.165, 1.54) is 19.3 Å². The van der Waals surface area contributed by atoms with Gasteiger partial charge in [0.2, 0.25) is 5.95 Å². The minimum Gasteiger partial charge on any atom is -0.354 e. The lowest BCUT2D eigenvalue weighted by Crippen LogP contribution is -2.05. The summed E-state index contributed by atoms with van der Waals surface area (Å²) in [5, 5.41) is 11.8. The molecule has 4 nitrogen and oxygen atoms in total. The lowest BCUT2D eigenvalue weighted by Gasteiger charge is -2.03. The molecule has 4 heteroatoms. The molecule has 0 amide bonds. The fourth-order valence-electron chi connectivity index (χ4n) is 1.50. The Hall–Kier alpha value is -1.63. The van der Waals surface area contributed by atoms with Crippen LogP contribution in [0.15, 0.2) is 12.3 Å². The molecule has 1 N–H and O–H groups in total. The summed E-state index contributed by atoms with van der Waals surface area (Å²) in [5.41, 5.74) is 0.412. The number of nitrogens with zero attached hydrogens (tertiary/aromatic N) is 3. The van der Waals surface area contributed by atoms with Crippen molar-refractivity contribution in [1.82, 2.24) is 9.97 Å². The predicted molar refractivity (Wildman–Crippen MR) is 57.2 cm³/mol. The highest BCUT2D eigenvalue weighted by Crippen LogP contribution is 2.33. The van der Waals surface area contributed by atoms with Gasteiger partial charge in [-0.2, -0.15) is 5.26 Å². The second kappa shape index (κ2) is 4.74. The molecule has 0 aromatic carbocycles. The first-order valence-corrected chi connectivity index (χ1v) is 5.35. The Labute approximate surface area is 89.4 Å². The van der Waals surface area contributed by atoms with Crippen LogP contribution in [0.2, 0.25) is 0 Å². The Morgan fingerprint density at radius 2 is 2.40 bits per heavy atom. The van der Waals surface area contributed by atoms with Crippen LogP contribution in [-0.2, 0) is 0 Å². The smallest absolute Gasteiger partial charge is 0.223 e. The zero-order valence-corrected chi connectivity index (χ0v) is 8.61. The van der Waals surface area contributed by atoms with Crippen molar-refractivity contribution in [2.45, 2.75) is 25.7 Å². The summed E-state index contributed by atoms with van der Waals surface area (Å²) < 4.78 is 0. The van der Waals surface area contributed by atoms with Gasteiger partial charge in [-0.3, -0.25) is 0 Å². The van der Waals surface area contributed by atoms with Crippen molar-refractivity contribution in [3.63, 3.8) is 0 Å². The number of nitriles is 1. The summed E-state index contributed by atoms with van der Waals surface area (Å²) in [6, 6.07) is 3.60. The summed E-state index contributed by atoms with van der Waals surface area (Å²) in [4.78, 5) is 8.09. The number of hydrogen-bond donors (Lipinski definition) is 1. The van der Waals surface area contributed by atoms with E-state index in [0.717, 1.165) is 18.9 Å². The summed E-state index contributed by atoms with van der Waals surface area (Å²) >= 11 is 0. The molecular formula is C11H14N4. The van der Waals surface area contributed by atoms with Gasteiger partial charge in [0.1, 0.15) is 11.8 Å². The van der Waals surface area contributed by atoms with Crippen LogP contribution < -0.4 is 5.32 Å². The minimum absolute atomic E-state index is 0.412. The van der Waals surface area contributed by atoms with E-state index in [-0.39, 0.29) is 0 Å². The molecule has 1 aromatic heterocycles. The molecule has 1 aromatic rings. The molecule has 0 unspecified atom stereocenters. The average Bonchev–Trinajstić information content (AvgIpc) is 3.09. The largest absolute Gasteiger partial charge is 0.354 e. The third kappa shape index (κ3) is 3.21. The van der Waals surface area contributed by atoms with Gasteiger partial charge in [-0.15, -0.1) is 0 Å². The van der Waals surface area contributed by atoms with E-state index in [9.17, 15) is 0 Å². The Morgan fingerprint density at radius 1 is 1.53 bits per heavy atom. The zero-order chi connectivity index (χ0) is 10.5. The van der Waals surface area contributed by atoms with Crippen molar-refractivity contribution in [2.24, 2.45) is 5.92 Å². The molecule has 1 saturated carbocycles. The minimum atomic E-state index is 0.412. The van der Waals surface area contributed by atoms with Crippen LogP contribution >= 0.6 is 0 Å². The first-order chi connectivity index (χ1) is 7.38. The Balaban J connectivity index is 1.74. The highest BCUT2D eigenvalue weighted by Gasteiger charge is 2.19. The second-order valence-electron chi connectivity index (χ2n) is 3.89. The number of rotatable bonds is 5. The quantitative estimate of drug-likeness (QED) is 0.741. The van der Waals surface area contributed by atoms with Crippen molar-refractivity contribution in [3.8, 4) is 6.07 Å². The summed E-state index contributed by atoms with van der Waals surface area (Å²) in [7, 11) is 0. The number of aromatic nitrogens is 2. The van der Waals surface area contributed by atoms with Crippen LogP contribution in [0.3, 0.4) is 0 Å². The molecule has 0 bridgehead atoms. The van der Waals surface area contributed by atoms with E-state index >= 15 is 0 Å². The topological polar surface area (TPSA) is 61.6 Å². The molecule has 1 heterocycles. The van der Waals surface area contributed by atoms with Crippen molar-refractivity contribution < 1.29 is 0 Å². The van der Waals surface area contributed by atoms with Gasteiger partial charge in [0.25, 0.3) is 0 Å². The van der Waals surface area contributed by atoms with Gasteiger partial charge < -0.3 is 5.32 Å². The molecule has 1 fully saturated rings. The number of hydrogen-bond acceptors (Lipinski definition) is 4. The number of nitrogens with one attached hydrogen (secondary N) is 1. The molecule has 0 aliphatic heterocycles. The fraction of sp³-hybridized carbons (Fsp3) is 0.545. The molecule has 2 rings (SSSR count). The highest BCUT2D eigenvalue weighted by molar-refractivity contribution is 5.29. The maximum absolute atomic E-state index is 8.65. The van der Waals surface area contributed by atoms with E-state index in [1.54, 1.807) is 12.3 Å². The Bertz CT molecular complexity index is 365. The van der Waals surface area contributed by atoms with E-state index in [4.69, 9.17) is 5.26 Å². The van der Waals surface area contributed by atoms with Gasteiger partial charge in [0.05, 0.1) is 0 Å². The van der Waals surface area contributed by atoms with Crippen LogP contribution in [-0.4, -0.2) is 16.5 Å². The maximum atomic E-state index is 8.65. The number of anilines is 1. The molecule has 0 saturated heterocycles. The molecule has 1 aliphatic carbocycles. The van der Waals surface area contributed by atoms with Gasteiger partial charge >= 0.3 is 0 Å². The molecule has 0 spiro atoms. The molecule has 0 atom stereocenters. The van der Waals surface area contributed by atoms with Crippen molar-refractivity contribution in [3.05, 3.63) is 18.0 Å². The zero-order valence-electron chi connectivity index (χ0n) is 8.61. The van der Waals surface area contributed by atoms with Crippen molar-refractivity contribution >= 4 is 5.95 Å². The molecular weight excluding hydrogens is 188 g/mol. The van der Waals surface area contributed by atoms with Crippen LogP contribution in [0.5, 0.6) is 0 Å². The summed E-state index contributed by atoms with van der Waals surface area (Å²) in [6.07, 6.45) is 6.87. The van der Waals surface area contributed by atoms with Gasteiger partial charge in [-0.25, -0.2) is 9.97 Å². The first-order valence-electron chi connectivity index (χ1n) is 5.35.